The lowest BCUT2D eigenvalue weighted by molar-refractivity contribution is 0.600. The molecule has 1 N–H and O–H groups in total. The Morgan fingerprint density at radius 2 is 2.00 bits per heavy atom. The first-order valence-corrected chi connectivity index (χ1v) is 8.29. The highest BCUT2D eigenvalue weighted by molar-refractivity contribution is 9.10. The molecule has 0 aliphatic carbocycles. The highest BCUT2D eigenvalue weighted by Gasteiger charge is 2.21. The molecule has 0 atom stereocenters. The third kappa shape index (κ3) is 3.44. The van der Waals surface area contributed by atoms with Crippen LogP contribution in [-0.2, 0) is 10.0 Å². The van der Waals surface area contributed by atoms with Gasteiger partial charge in [-0.1, -0.05) is 11.6 Å². The van der Waals surface area contributed by atoms with Crippen LogP contribution in [0.25, 0.3) is 0 Å². The van der Waals surface area contributed by atoms with E-state index in [9.17, 15) is 8.42 Å². The van der Waals surface area contributed by atoms with Gasteiger partial charge in [0.2, 0.25) is 0 Å². The molecule has 0 amide bonds. The van der Waals surface area contributed by atoms with Gasteiger partial charge >= 0.3 is 0 Å². The zero-order chi connectivity index (χ0) is 14.0. The minimum Gasteiger partial charge on any atom is -0.262 e. The molecule has 9 heteroatoms. The van der Waals surface area contributed by atoms with Crippen molar-refractivity contribution in [2.75, 3.05) is 4.72 Å². The average Bonchev–Trinajstić information content (AvgIpc) is 2.35. The first kappa shape index (κ1) is 14.7. The maximum absolute atomic E-state index is 12.2. The van der Waals surface area contributed by atoms with E-state index in [1.165, 1.54) is 18.5 Å². The quantitative estimate of drug-likeness (QED) is 0.762. The fourth-order valence-corrected chi connectivity index (χ4v) is 3.70. The van der Waals surface area contributed by atoms with Crippen LogP contribution in [0.15, 0.2) is 44.4 Å². The number of hydrogen-bond acceptors (Lipinski definition) is 4. The van der Waals surface area contributed by atoms with Gasteiger partial charge in [-0.3, -0.25) is 4.72 Å². The van der Waals surface area contributed by atoms with Gasteiger partial charge in [0.25, 0.3) is 10.0 Å². The summed E-state index contributed by atoms with van der Waals surface area (Å²) in [5.41, 5.74) is 0. The molecule has 2 aromatic heterocycles. The van der Waals surface area contributed by atoms with Gasteiger partial charge in [-0.05, 0) is 50.1 Å². The molecule has 0 aromatic carbocycles. The molecule has 2 heterocycles. The SMILES string of the molecule is O=S(=O)(Nc1ncccc1Br)c1cc(Br)cnc1Cl. The Morgan fingerprint density at radius 3 is 2.68 bits per heavy atom. The summed E-state index contributed by atoms with van der Waals surface area (Å²) >= 11 is 12.2. The van der Waals surface area contributed by atoms with Crippen molar-refractivity contribution >= 4 is 59.3 Å². The Bertz CT molecular complexity index is 724. The summed E-state index contributed by atoms with van der Waals surface area (Å²) in [5.74, 6) is 0.179. The molecule has 5 nitrogen and oxygen atoms in total. The summed E-state index contributed by atoms with van der Waals surface area (Å²) in [6.45, 7) is 0. The van der Waals surface area contributed by atoms with Crippen LogP contribution < -0.4 is 4.72 Å². The number of nitrogens with zero attached hydrogens (tertiary/aromatic N) is 2. The van der Waals surface area contributed by atoms with Crippen LogP contribution in [0.1, 0.15) is 0 Å². The number of hydrogen-bond donors (Lipinski definition) is 1. The third-order valence-corrected chi connectivity index (χ3v) is 4.89. The molecule has 0 bridgehead atoms. The highest BCUT2D eigenvalue weighted by atomic mass is 79.9. The Balaban J connectivity index is 2.44. The van der Waals surface area contributed by atoms with Gasteiger partial charge in [0.05, 0.1) is 4.47 Å². The minimum absolute atomic E-state index is 0.109. The van der Waals surface area contributed by atoms with E-state index >= 15 is 0 Å². The number of aromatic nitrogens is 2. The molecule has 2 aromatic rings. The molecule has 2 rings (SSSR count). The standard InChI is InChI=1S/C10H6Br2ClN3O2S/c11-6-4-8(9(13)15-5-6)19(17,18)16-10-7(12)2-1-3-14-10/h1-5H,(H,14,16). The molecule has 0 radical (unpaired) electrons. The Labute approximate surface area is 131 Å². The van der Waals surface area contributed by atoms with Crippen LogP contribution in [0, 0.1) is 0 Å². The van der Waals surface area contributed by atoms with Crippen LogP contribution >= 0.6 is 43.5 Å². The van der Waals surface area contributed by atoms with E-state index < -0.39 is 10.0 Å². The molecule has 0 aliphatic rings. The normalized spacial score (nSPS) is 11.3. The van der Waals surface area contributed by atoms with Gasteiger partial charge in [0.15, 0.2) is 5.82 Å². The Hall–Kier alpha value is -0.700. The van der Waals surface area contributed by atoms with Crippen LogP contribution in [-0.4, -0.2) is 18.4 Å². The maximum Gasteiger partial charge on any atom is 0.266 e. The van der Waals surface area contributed by atoms with Crippen molar-refractivity contribution in [1.82, 2.24) is 9.97 Å². The van der Waals surface area contributed by atoms with Gasteiger partial charge in [-0.15, -0.1) is 0 Å². The predicted molar refractivity (Wildman–Crippen MR) is 79.7 cm³/mol. The smallest absolute Gasteiger partial charge is 0.262 e. The average molecular weight is 428 g/mol. The van der Waals surface area contributed by atoms with Gasteiger partial charge in [-0.25, -0.2) is 18.4 Å². The first-order valence-electron chi connectivity index (χ1n) is 4.84. The number of nitrogens with one attached hydrogen (secondary N) is 1. The largest absolute Gasteiger partial charge is 0.266 e. The minimum atomic E-state index is -3.86. The number of sulfonamides is 1. The van der Waals surface area contributed by atoms with Crippen LogP contribution in [0.5, 0.6) is 0 Å². The predicted octanol–water partition coefficient (Wildman–Crippen LogP) is 3.46. The fourth-order valence-electron chi connectivity index (χ4n) is 1.24. The van der Waals surface area contributed by atoms with E-state index in [0.29, 0.717) is 8.95 Å². The molecule has 100 valence electrons. The van der Waals surface area contributed by atoms with E-state index in [-0.39, 0.29) is 15.9 Å². The van der Waals surface area contributed by atoms with Gasteiger partial charge in [0, 0.05) is 16.9 Å². The maximum atomic E-state index is 12.2. The van der Waals surface area contributed by atoms with Gasteiger partial charge in [-0.2, -0.15) is 0 Å². The molecule has 0 aliphatic heterocycles. The van der Waals surface area contributed by atoms with E-state index in [2.05, 4.69) is 46.5 Å². The molecular formula is C10H6Br2ClN3O2S. The second-order valence-corrected chi connectivity index (χ2v) is 7.16. The number of anilines is 1. The first-order chi connectivity index (χ1) is 8.90. The van der Waals surface area contributed by atoms with Crippen molar-refractivity contribution in [3.63, 3.8) is 0 Å². The highest BCUT2D eigenvalue weighted by Crippen LogP contribution is 2.26. The van der Waals surface area contributed by atoms with Crippen molar-refractivity contribution in [3.8, 4) is 0 Å². The Kier molecular flexibility index (Phi) is 4.44. The molecular weight excluding hydrogens is 421 g/mol. The van der Waals surface area contributed by atoms with Gasteiger partial charge in [0.1, 0.15) is 10.0 Å². The van der Waals surface area contributed by atoms with Crippen molar-refractivity contribution in [3.05, 3.63) is 44.7 Å². The zero-order valence-electron chi connectivity index (χ0n) is 9.14. The van der Waals surface area contributed by atoms with Crippen LogP contribution in [0.4, 0.5) is 5.82 Å². The lowest BCUT2D eigenvalue weighted by atomic mass is 10.5. The molecule has 19 heavy (non-hydrogen) atoms. The molecule has 0 spiro atoms. The molecule has 0 saturated heterocycles. The lowest BCUT2D eigenvalue weighted by Crippen LogP contribution is -2.15. The Morgan fingerprint density at radius 1 is 1.26 bits per heavy atom. The van der Waals surface area contributed by atoms with Crippen LogP contribution in [0.2, 0.25) is 5.15 Å². The topological polar surface area (TPSA) is 72.0 Å². The van der Waals surface area contributed by atoms with Crippen molar-refractivity contribution < 1.29 is 8.42 Å². The van der Waals surface area contributed by atoms with E-state index in [1.807, 2.05) is 0 Å². The van der Waals surface area contributed by atoms with E-state index in [1.54, 1.807) is 12.1 Å². The molecule has 0 unspecified atom stereocenters. The second kappa shape index (κ2) is 5.74. The summed E-state index contributed by atoms with van der Waals surface area (Å²) < 4.78 is 27.8. The summed E-state index contributed by atoms with van der Waals surface area (Å²) in [6.07, 6.45) is 2.89. The van der Waals surface area contributed by atoms with Crippen molar-refractivity contribution in [1.29, 1.82) is 0 Å². The number of rotatable bonds is 3. The summed E-state index contributed by atoms with van der Waals surface area (Å²) in [4.78, 5) is 7.58. The molecule has 0 saturated carbocycles. The van der Waals surface area contributed by atoms with Crippen molar-refractivity contribution in [2.24, 2.45) is 0 Å². The van der Waals surface area contributed by atoms with E-state index in [0.717, 1.165) is 0 Å². The number of pyridine rings is 2. The van der Waals surface area contributed by atoms with Gasteiger partial charge < -0.3 is 0 Å². The zero-order valence-corrected chi connectivity index (χ0v) is 13.9. The monoisotopic (exact) mass is 425 g/mol. The summed E-state index contributed by atoms with van der Waals surface area (Å²) in [6, 6.07) is 4.72. The van der Waals surface area contributed by atoms with Crippen molar-refractivity contribution in [2.45, 2.75) is 4.90 Å². The molecule has 0 fully saturated rings. The summed E-state index contributed by atoms with van der Waals surface area (Å²) in [7, 11) is -3.86. The second-order valence-electron chi connectivity index (χ2n) is 3.38. The lowest BCUT2D eigenvalue weighted by Gasteiger charge is -2.09. The van der Waals surface area contributed by atoms with Crippen LogP contribution in [0.3, 0.4) is 0 Å². The summed E-state index contributed by atoms with van der Waals surface area (Å²) in [5, 5.41) is -0.109. The third-order valence-electron chi connectivity index (χ3n) is 2.05. The fraction of sp³-hybridized carbons (Fsp3) is 0. The van der Waals surface area contributed by atoms with E-state index in [4.69, 9.17) is 11.6 Å². The number of halogens is 3.